The Balaban J connectivity index is 1.46. The summed E-state index contributed by atoms with van der Waals surface area (Å²) in [6.45, 7) is 1.22. The number of nitrogens with one attached hydrogen (secondary N) is 2. The zero-order valence-electron chi connectivity index (χ0n) is 15.5. The second kappa shape index (κ2) is 8.67. The van der Waals surface area contributed by atoms with Crippen molar-refractivity contribution in [3.8, 4) is 11.3 Å². The molecule has 0 aliphatic carbocycles. The van der Waals surface area contributed by atoms with Crippen LogP contribution in [0.5, 0.6) is 0 Å². The maximum absolute atomic E-state index is 13.8. The van der Waals surface area contributed by atoms with Crippen LogP contribution in [0.3, 0.4) is 0 Å². The number of aromatic nitrogens is 1. The van der Waals surface area contributed by atoms with E-state index in [0.29, 0.717) is 29.7 Å². The van der Waals surface area contributed by atoms with Gasteiger partial charge in [-0.2, -0.15) is 0 Å². The van der Waals surface area contributed by atoms with Gasteiger partial charge in [0.1, 0.15) is 11.6 Å². The maximum atomic E-state index is 13.8. The minimum Gasteiger partial charge on any atom is -0.381 e. The minimum absolute atomic E-state index is 0.00197. The number of amides is 1. The molecule has 0 bridgehead atoms. The molecule has 150 valence electrons. The van der Waals surface area contributed by atoms with Gasteiger partial charge in [0.2, 0.25) is 5.91 Å². The van der Waals surface area contributed by atoms with Gasteiger partial charge in [0.05, 0.1) is 11.4 Å². The standard InChI is InChI=1S/C21H19F2N3O2S/c22-15-4-5-18(17(23)11-15)25-21-26-19(12-29-21)14-2-1-3-16(10-14)24-20(27)13-6-8-28-9-7-13/h1-5,10-13H,6-9H2,(H,24,27)(H,25,26). The number of nitrogens with zero attached hydrogens (tertiary/aromatic N) is 1. The van der Waals surface area contributed by atoms with E-state index in [-0.39, 0.29) is 17.5 Å². The molecule has 1 amide bonds. The van der Waals surface area contributed by atoms with Crippen LogP contribution in [-0.2, 0) is 9.53 Å². The Bertz CT molecular complexity index is 1020. The van der Waals surface area contributed by atoms with Crippen molar-refractivity contribution in [3.05, 3.63) is 59.5 Å². The van der Waals surface area contributed by atoms with Crippen molar-refractivity contribution in [2.24, 2.45) is 5.92 Å². The van der Waals surface area contributed by atoms with Crippen LogP contribution in [0.1, 0.15) is 12.8 Å². The SMILES string of the molecule is O=C(Nc1cccc(-c2csc(Nc3ccc(F)cc3F)n2)c1)C1CCOCC1. The Kier molecular flexibility index (Phi) is 5.82. The van der Waals surface area contributed by atoms with Gasteiger partial charge in [-0.05, 0) is 37.1 Å². The molecule has 1 saturated heterocycles. The Morgan fingerprint density at radius 2 is 1.97 bits per heavy atom. The number of thiazole rings is 1. The first-order valence-electron chi connectivity index (χ1n) is 9.25. The van der Waals surface area contributed by atoms with Gasteiger partial charge in [-0.3, -0.25) is 4.79 Å². The van der Waals surface area contributed by atoms with Crippen LogP contribution in [-0.4, -0.2) is 24.1 Å². The van der Waals surface area contributed by atoms with Crippen LogP contribution < -0.4 is 10.6 Å². The molecule has 0 spiro atoms. The molecule has 1 aliphatic heterocycles. The number of hydrogen-bond donors (Lipinski definition) is 2. The molecule has 1 aliphatic rings. The second-order valence-electron chi connectivity index (χ2n) is 6.74. The van der Waals surface area contributed by atoms with E-state index in [1.165, 1.54) is 23.5 Å². The summed E-state index contributed by atoms with van der Waals surface area (Å²) >= 11 is 1.31. The number of rotatable bonds is 5. The predicted octanol–water partition coefficient (Wildman–Crippen LogP) is 5.20. The molecule has 0 unspecified atom stereocenters. The lowest BCUT2D eigenvalue weighted by Crippen LogP contribution is -2.28. The van der Waals surface area contributed by atoms with E-state index in [4.69, 9.17) is 4.74 Å². The minimum atomic E-state index is -0.681. The topological polar surface area (TPSA) is 63.2 Å². The molecule has 2 aromatic carbocycles. The number of anilines is 3. The van der Waals surface area contributed by atoms with Gasteiger partial charge in [0, 0.05) is 41.8 Å². The van der Waals surface area contributed by atoms with E-state index in [9.17, 15) is 13.6 Å². The summed E-state index contributed by atoms with van der Waals surface area (Å²) in [7, 11) is 0. The maximum Gasteiger partial charge on any atom is 0.227 e. The van der Waals surface area contributed by atoms with Crippen molar-refractivity contribution >= 4 is 33.8 Å². The van der Waals surface area contributed by atoms with Crippen molar-refractivity contribution in [2.75, 3.05) is 23.8 Å². The van der Waals surface area contributed by atoms with Gasteiger partial charge in [-0.25, -0.2) is 13.8 Å². The molecule has 0 atom stereocenters. The summed E-state index contributed by atoms with van der Waals surface area (Å²) in [5, 5.41) is 8.15. The first kappa shape index (κ1) is 19.5. The van der Waals surface area contributed by atoms with E-state index in [1.807, 2.05) is 29.6 Å². The van der Waals surface area contributed by atoms with E-state index >= 15 is 0 Å². The highest BCUT2D eigenvalue weighted by molar-refractivity contribution is 7.14. The summed E-state index contributed by atoms with van der Waals surface area (Å²) in [6.07, 6.45) is 1.46. The van der Waals surface area contributed by atoms with Crippen molar-refractivity contribution in [1.82, 2.24) is 4.98 Å². The number of ether oxygens (including phenoxy) is 1. The smallest absolute Gasteiger partial charge is 0.227 e. The highest BCUT2D eigenvalue weighted by Gasteiger charge is 2.21. The molecule has 0 radical (unpaired) electrons. The molecule has 2 N–H and O–H groups in total. The Labute approximate surface area is 170 Å². The number of halogens is 2. The monoisotopic (exact) mass is 415 g/mol. The van der Waals surface area contributed by atoms with E-state index in [2.05, 4.69) is 15.6 Å². The Hall–Kier alpha value is -2.84. The fourth-order valence-electron chi connectivity index (χ4n) is 3.13. The van der Waals surface area contributed by atoms with E-state index < -0.39 is 11.6 Å². The lowest BCUT2D eigenvalue weighted by Gasteiger charge is -2.21. The van der Waals surface area contributed by atoms with Gasteiger partial charge >= 0.3 is 0 Å². The first-order chi connectivity index (χ1) is 14.1. The predicted molar refractivity (Wildman–Crippen MR) is 109 cm³/mol. The summed E-state index contributed by atoms with van der Waals surface area (Å²) < 4.78 is 32.2. The van der Waals surface area contributed by atoms with Gasteiger partial charge in [-0.15, -0.1) is 11.3 Å². The highest BCUT2D eigenvalue weighted by Crippen LogP contribution is 2.30. The molecular formula is C21H19F2N3O2S. The molecular weight excluding hydrogens is 396 g/mol. The summed E-state index contributed by atoms with van der Waals surface area (Å²) in [5.74, 6) is -1.35. The quantitative estimate of drug-likeness (QED) is 0.601. The van der Waals surface area contributed by atoms with E-state index in [1.54, 1.807) is 0 Å². The normalized spacial score (nSPS) is 14.6. The number of carbonyl (C=O) groups excluding carboxylic acids is 1. The zero-order valence-corrected chi connectivity index (χ0v) is 16.3. The van der Waals surface area contributed by atoms with Crippen molar-refractivity contribution in [3.63, 3.8) is 0 Å². The van der Waals surface area contributed by atoms with Gasteiger partial charge < -0.3 is 15.4 Å². The Morgan fingerprint density at radius 3 is 2.76 bits per heavy atom. The first-order valence-corrected chi connectivity index (χ1v) is 10.1. The summed E-state index contributed by atoms with van der Waals surface area (Å²) in [4.78, 5) is 16.9. The second-order valence-corrected chi connectivity index (χ2v) is 7.60. The zero-order chi connectivity index (χ0) is 20.2. The Morgan fingerprint density at radius 1 is 1.14 bits per heavy atom. The number of hydrogen-bond acceptors (Lipinski definition) is 5. The fraction of sp³-hybridized carbons (Fsp3) is 0.238. The molecule has 3 aromatic rings. The van der Waals surface area contributed by atoms with Crippen molar-refractivity contribution in [2.45, 2.75) is 12.8 Å². The molecule has 2 heterocycles. The van der Waals surface area contributed by atoms with Crippen molar-refractivity contribution < 1.29 is 18.3 Å². The summed E-state index contributed by atoms with van der Waals surface area (Å²) in [6, 6.07) is 10.8. The largest absolute Gasteiger partial charge is 0.381 e. The van der Waals surface area contributed by atoms with Crippen LogP contribution in [0.15, 0.2) is 47.8 Å². The van der Waals surface area contributed by atoms with Crippen LogP contribution >= 0.6 is 11.3 Å². The third-order valence-corrected chi connectivity index (χ3v) is 5.45. The van der Waals surface area contributed by atoms with Crippen LogP contribution in [0.4, 0.5) is 25.3 Å². The average Bonchev–Trinajstić information content (AvgIpc) is 3.20. The molecule has 5 nitrogen and oxygen atoms in total. The fourth-order valence-corrected chi connectivity index (χ4v) is 3.86. The van der Waals surface area contributed by atoms with Crippen LogP contribution in [0.25, 0.3) is 11.3 Å². The molecule has 29 heavy (non-hydrogen) atoms. The van der Waals surface area contributed by atoms with Crippen LogP contribution in [0.2, 0.25) is 0 Å². The van der Waals surface area contributed by atoms with E-state index in [0.717, 1.165) is 24.5 Å². The van der Waals surface area contributed by atoms with Gasteiger partial charge in [0.25, 0.3) is 0 Å². The molecule has 1 aromatic heterocycles. The average molecular weight is 415 g/mol. The van der Waals surface area contributed by atoms with Gasteiger partial charge in [-0.1, -0.05) is 12.1 Å². The summed E-state index contributed by atoms with van der Waals surface area (Å²) in [5.41, 5.74) is 2.39. The molecule has 8 heteroatoms. The molecule has 1 fully saturated rings. The third kappa shape index (κ3) is 4.78. The molecule has 4 rings (SSSR count). The lowest BCUT2D eigenvalue weighted by atomic mass is 9.99. The van der Waals surface area contributed by atoms with Crippen molar-refractivity contribution in [1.29, 1.82) is 0 Å². The lowest BCUT2D eigenvalue weighted by molar-refractivity contribution is -0.122. The number of benzene rings is 2. The number of carbonyl (C=O) groups is 1. The molecule has 0 saturated carbocycles. The van der Waals surface area contributed by atoms with Gasteiger partial charge in [0.15, 0.2) is 5.13 Å². The highest BCUT2D eigenvalue weighted by atomic mass is 32.1. The third-order valence-electron chi connectivity index (χ3n) is 4.69. The van der Waals surface area contributed by atoms with Crippen LogP contribution in [0, 0.1) is 17.6 Å².